The van der Waals surface area contributed by atoms with Gasteiger partial charge in [-0.25, -0.2) is 17.6 Å². The van der Waals surface area contributed by atoms with Crippen molar-refractivity contribution in [1.29, 1.82) is 0 Å². The van der Waals surface area contributed by atoms with Crippen LogP contribution in [-0.4, -0.2) is 42.2 Å². The van der Waals surface area contributed by atoms with Crippen LogP contribution < -0.4 is 0 Å². The van der Waals surface area contributed by atoms with Crippen molar-refractivity contribution in [3.63, 3.8) is 0 Å². The number of hydrazone groups is 1. The molecule has 1 aromatic heterocycles. The van der Waals surface area contributed by atoms with Crippen molar-refractivity contribution < 1.29 is 35.5 Å². The summed E-state index contributed by atoms with van der Waals surface area (Å²) in [6.07, 6.45) is -7.86. The van der Waals surface area contributed by atoms with E-state index in [2.05, 4.69) is 5.10 Å². The molecule has 124 valence electrons. The summed E-state index contributed by atoms with van der Waals surface area (Å²) in [7, 11) is -4.83. The molecule has 0 aliphatic carbocycles. The molecule has 0 unspecified atom stereocenters. The van der Waals surface area contributed by atoms with Crippen LogP contribution in [0.15, 0.2) is 26.7 Å². The quantitative estimate of drug-likeness (QED) is 0.826. The Morgan fingerprint density at radius 3 is 2.50 bits per heavy atom. The first-order valence-electron chi connectivity index (χ1n) is 6.13. The first-order valence-corrected chi connectivity index (χ1v) is 7.57. The van der Waals surface area contributed by atoms with Crippen molar-refractivity contribution in [2.24, 2.45) is 5.10 Å². The van der Waals surface area contributed by atoms with Crippen molar-refractivity contribution in [2.45, 2.75) is 43.4 Å². The van der Waals surface area contributed by atoms with Gasteiger partial charge in [0.25, 0.3) is 12.9 Å². The van der Waals surface area contributed by atoms with Gasteiger partial charge in [-0.05, 0) is 12.1 Å². The molecule has 0 saturated heterocycles. The van der Waals surface area contributed by atoms with E-state index in [0.29, 0.717) is 6.42 Å². The lowest BCUT2D eigenvalue weighted by molar-refractivity contribution is -0.150. The zero-order chi connectivity index (χ0) is 16.7. The van der Waals surface area contributed by atoms with Crippen LogP contribution in [0.3, 0.4) is 0 Å². The smallest absolute Gasteiger partial charge is 0.315 e. The van der Waals surface area contributed by atoms with Gasteiger partial charge in [-0.3, -0.25) is 0 Å². The zero-order valence-electron chi connectivity index (χ0n) is 11.2. The highest BCUT2D eigenvalue weighted by Crippen LogP contribution is 2.37. The molecule has 0 spiro atoms. The van der Waals surface area contributed by atoms with Crippen LogP contribution in [0.4, 0.5) is 17.6 Å². The van der Waals surface area contributed by atoms with Crippen LogP contribution in [0, 0.1) is 0 Å². The number of alkyl halides is 4. The lowest BCUT2D eigenvalue weighted by Crippen LogP contribution is -2.51. The zero-order valence-corrected chi connectivity index (χ0v) is 12.0. The highest BCUT2D eigenvalue weighted by Gasteiger charge is 2.56. The van der Waals surface area contributed by atoms with E-state index in [1.807, 2.05) is 0 Å². The number of rotatable bonds is 5. The lowest BCUT2D eigenvalue weighted by atomic mass is 10.1. The minimum absolute atomic E-state index is 0.247. The van der Waals surface area contributed by atoms with Crippen LogP contribution in [-0.2, 0) is 16.4 Å². The van der Waals surface area contributed by atoms with Gasteiger partial charge in [-0.15, -0.1) is 4.41 Å². The third kappa shape index (κ3) is 2.58. The van der Waals surface area contributed by atoms with Gasteiger partial charge in [0.15, 0.2) is 0 Å². The predicted molar refractivity (Wildman–Crippen MR) is 66.1 cm³/mol. The van der Waals surface area contributed by atoms with E-state index in [9.17, 15) is 31.1 Å². The first kappa shape index (κ1) is 16.7. The van der Waals surface area contributed by atoms with E-state index in [1.54, 1.807) is 6.92 Å². The van der Waals surface area contributed by atoms with Crippen molar-refractivity contribution in [2.75, 3.05) is 0 Å². The molecule has 11 heteroatoms. The molecule has 22 heavy (non-hydrogen) atoms. The molecule has 0 amide bonds. The Morgan fingerprint density at radius 1 is 1.41 bits per heavy atom. The second-order valence-corrected chi connectivity index (χ2v) is 6.27. The summed E-state index contributed by atoms with van der Waals surface area (Å²) in [6.45, 7) is 1.66. The van der Waals surface area contributed by atoms with Crippen LogP contribution in [0.25, 0.3) is 0 Å². The van der Waals surface area contributed by atoms with Gasteiger partial charge in [0.05, 0.1) is 0 Å². The highest BCUT2D eigenvalue weighted by atomic mass is 32.2. The minimum Gasteiger partial charge on any atom is -0.448 e. The molecule has 1 aliphatic heterocycles. The standard InChI is InChI=1S/C11H12F4N2O4S/c1-2-6-3-4-8(21-6)22(19,20)17-11(18,10(14)15)5-7(16-17)9(12)13/h3-4,9-10,18H,2,5H2,1H3/t11-/m0/s1. The molecular formula is C11H12F4N2O4S. The Hall–Kier alpha value is -1.62. The molecule has 0 fully saturated rings. The molecule has 1 aliphatic rings. The number of sulfonamides is 1. The lowest BCUT2D eigenvalue weighted by Gasteiger charge is -2.29. The topological polar surface area (TPSA) is 83.1 Å². The summed E-state index contributed by atoms with van der Waals surface area (Å²) in [4.78, 5) is 0. The van der Waals surface area contributed by atoms with Crippen molar-refractivity contribution >= 4 is 15.7 Å². The minimum atomic E-state index is -4.83. The van der Waals surface area contributed by atoms with Crippen molar-refractivity contribution in [1.82, 2.24) is 4.41 Å². The van der Waals surface area contributed by atoms with Crippen molar-refractivity contribution in [3.8, 4) is 0 Å². The molecule has 0 bridgehead atoms. The summed E-state index contributed by atoms with van der Waals surface area (Å²) in [5.41, 5.74) is -4.52. The van der Waals surface area contributed by atoms with E-state index >= 15 is 0 Å². The van der Waals surface area contributed by atoms with Crippen LogP contribution in [0.2, 0.25) is 0 Å². The maximum atomic E-state index is 13.0. The van der Waals surface area contributed by atoms with E-state index in [1.165, 1.54) is 6.07 Å². The predicted octanol–water partition coefficient (Wildman–Crippen LogP) is 1.81. The van der Waals surface area contributed by atoms with Gasteiger partial charge in [-0.1, -0.05) is 6.92 Å². The Balaban J connectivity index is 2.50. The van der Waals surface area contributed by atoms with Gasteiger partial charge < -0.3 is 9.52 Å². The fraction of sp³-hybridized carbons (Fsp3) is 0.545. The average molecular weight is 344 g/mol. The monoisotopic (exact) mass is 344 g/mol. The summed E-state index contributed by atoms with van der Waals surface area (Å²) in [5.74, 6) is 0.247. The van der Waals surface area contributed by atoms with Gasteiger partial charge in [-0.2, -0.15) is 13.5 Å². The van der Waals surface area contributed by atoms with Gasteiger partial charge >= 0.3 is 10.0 Å². The van der Waals surface area contributed by atoms with Crippen molar-refractivity contribution in [3.05, 3.63) is 17.9 Å². The normalized spacial score (nSPS) is 22.7. The van der Waals surface area contributed by atoms with E-state index < -0.39 is 50.2 Å². The SMILES string of the molecule is CCc1ccc(S(=O)(=O)N2N=C(C(F)F)C[C@]2(O)C(F)F)o1. The number of furan rings is 1. The number of aliphatic hydroxyl groups is 1. The number of hydrogen-bond acceptors (Lipinski definition) is 5. The highest BCUT2D eigenvalue weighted by molar-refractivity contribution is 7.89. The molecule has 1 atom stereocenters. The van der Waals surface area contributed by atoms with E-state index in [0.717, 1.165) is 6.07 Å². The number of hydrogen-bond donors (Lipinski definition) is 1. The first-order chi connectivity index (χ1) is 10.1. The Bertz CT molecular complexity index is 688. The maximum Gasteiger partial charge on any atom is 0.315 e. The number of nitrogens with zero attached hydrogens (tertiary/aromatic N) is 2. The number of aryl methyl sites for hydroxylation is 1. The second-order valence-electron chi connectivity index (χ2n) is 4.57. The summed E-state index contributed by atoms with van der Waals surface area (Å²) in [5, 5.41) is 12.0. The molecule has 0 aromatic carbocycles. The second kappa shape index (κ2) is 5.54. The van der Waals surface area contributed by atoms with E-state index in [4.69, 9.17) is 4.42 Å². The van der Waals surface area contributed by atoms with Gasteiger partial charge in [0, 0.05) is 12.8 Å². The average Bonchev–Trinajstić information content (AvgIpc) is 3.04. The molecule has 6 nitrogen and oxygen atoms in total. The largest absolute Gasteiger partial charge is 0.448 e. The Morgan fingerprint density at radius 2 is 2.05 bits per heavy atom. The third-order valence-corrected chi connectivity index (χ3v) is 4.64. The molecule has 0 radical (unpaired) electrons. The molecule has 1 N–H and O–H groups in total. The molecule has 2 rings (SSSR count). The fourth-order valence-corrected chi connectivity index (χ4v) is 3.28. The Labute approximate surface area is 123 Å². The van der Waals surface area contributed by atoms with Crippen LogP contribution in [0.1, 0.15) is 19.1 Å². The summed E-state index contributed by atoms with van der Waals surface area (Å²) >= 11 is 0. The van der Waals surface area contributed by atoms with Gasteiger partial charge in [0.2, 0.25) is 10.8 Å². The summed E-state index contributed by atoms with van der Waals surface area (Å²) < 4.78 is 80.3. The van der Waals surface area contributed by atoms with Gasteiger partial charge in [0.1, 0.15) is 11.5 Å². The third-order valence-electron chi connectivity index (χ3n) is 3.06. The van der Waals surface area contributed by atoms with Crippen LogP contribution >= 0.6 is 0 Å². The molecule has 0 saturated carbocycles. The van der Waals surface area contributed by atoms with Crippen LogP contribution in [0.5, 0.6) is 0 Å². The fourth-order valence-electron chi connectivity index (χ4n) is 1.89. The molecular weight excluding hydrogens is 332 g/mol. The Kier molecular flexibility index (Phi) is 4.22. The molecule has 2 heterocycles. The molecule has 1 aromatic rings. The maximum absolute atomic E-state index is 13.0. The summed E-state index contributed by atoms with van der Waals surface area (Å²) in [6, 6.07) is 2.28. The van der Waals surface area contributed by atoms with E-state index in [-0.39, 0.29) is 5.76 Å². The number of halogens is 4.